The molecule has 18 heteroatoms. The van der Waals surface area contributed by atoms with Gasteiger partial charge in [0.05, 0.1) is 27.7 Å². The Bertz CT molecular complexity index is 1420. The van der Waals surface area contributed by atoms with Crippen molar-refractivity contribution in [1.82, 2.24) is 16.0 Å². The van der Waals surface area contributed by atoms with Gasteiger partial charge in [0, 0.05) is 27.7 Å². The molecule has 1 aromatic carbocycles. The van der Waals surface area contributed by atoms with Gasteiger partial charge in [0.25, 0.3) is 0 Å². The van der Waals surface area contributed by atoms with E-state index in [4.69, 9.17) is 33.2 Å². The highest BCUT2D eigenvalue weighted by Gasteiger charge is 2.51. The minimum Gasteiger partial charge on any atom is -0.463 e. The molecule has 2 rings (SSSR count). The average Bonchev–Trinajstić information content (AvgIpc) is 3.04. The van der Waals surface area contributed by atoms with E-state index in [0.717, 1.165) is 20.8 Å². The summed E-state index contributed by atoms with van der Waals surface area (Å²) in [6.45, 7) is 7.21. The molecule has 53 heavy (non-hydrogen) atoms. The van der Waals surface area contributed by atoms with Crippen LogP contribution in [0.5, 0.6) is 0 Å². The van der Waals surface area contributed by atoms with E-state index < -0.39 is 104 Å². The molecule has 1 aliphatic rings. The fraction of sp³-hybridized carbons (Fsp3) is 0.629. The van der Waals surface area contributed by atoms with Crippen LogP contribution in [0.2, 0.25) is 0 Å². The SMILES string of the molecule is CC(=O)N[C@H]1[C@H](OC[C@H](NC(=O)OCc2ccccc2)C(=O)N[C@H](C(=O)OCC[N+](C)(C)C)C(C)C)O[C@H](COC(C)=O)[C@@H](OC(C)=O)[C@@H]1OC(C)=O. The van der Waals surface area contributed by atoms with Gasteiger partial charge in [0.15, 0.2) is 18.5 Å². The van der Waals surface area contributed by atoms with Gasteiger partial charge < -0.3 is 53.6 Å². The summed E-state index contributed by atoms with van der Waals surface area (Å²) in [5, 5.41) is 7.61. The Kier molecular flexibility index (Phi) is 17.6. The third kappa shape index (κ3) is 16.2. The van der Waals surface area contributed by atoms with Crippen molar-refractivity contribution in [3.05, 3.63) is 35.9 Å². The Hall–Kier alpha value is -4.81. The average molecular weight is 754 g/mol. The third-order valence-corrected chi connectivity index (χ3v) is 7.54. The molecule has 1 saturated heterocycles. The number of quaternary nitrogens is 1. The van der Waals surface area contributed by atoms with Crippen molar-refractivity contribution < 1.29 is 71.2 Å². The maximum atomic E-state index is 13.8. The lowest BCUT2D eigenvalue weighted by molar-refractivity contribution is -0.870. The molecule has 3 N–H and O–H groups in total. The molecule has 1 fully saturated rings. The quantitative estimate of drug-likeness (QED) is 0.105. The number of benzene rings is 1. The number of amides is 3. The van der Waals surface area contributed by atoms with E-state index >= 15 is 0 Å². The number of hydrogen-bond acceptors (Lipinski definition) is 14. The van der Waals surface area contributed by atoms with E-state index in [-0.39, 0.29) is 13.2 Å². The first-order chi connectivity index (χ1) is 24.8. The molecule has 296 valence electrons. The topological polar surface area (TPSA) is 220 Å². The fourth-order valence-corrected chi connectivity index (χ4v) is 4.98. The van der Waals surface area contributed by atoms with Gasteiger partial charge in [-0.05, 0) is 11.5 Å². The molecule has 0 unspecified atom stereocenters. The second-order valence-corrected chi connectivity index (χ2v) is 13.7. The second kappa shape index (κ2) is 21.0. The fourth-order valence-electron chi connectivity index (χ4n) is 4.98. The summed E-state index contributed by atoms with van der Waals surface area (Å²) in [4.78, 5) is 88.2. The lowest BCUT2D eigenvalue weighted by Crippen LogP contribution is -2.67. The molecule has 1 heterocycles. The number of alkyl carbamates (subject to hydrolysis) is 1. The predicted molar refractivity (Wildman–Crippen MR) is 184 cm³/mol. The number of nitrogens with one attached hydrogen (secondary N) is 3. The van der Waals surface area contributed by atoms with Crippen molar-refractivity contribution in [3.8, 4) is 0 Å². The molecular formula is C35H53N4O14+. The van der Waals surface area contributed by atoms with Crippen LogP contribution >= 0.6 is 0 Å². The van der Waals surface area contributed by atoms with E-state index in [1.54, 1.807) is 44.2 Å². The van der Waals surface area contributed by atoms with Crippen LogP contribution in [0.4, 0.5) is 4.79 Å². The van der Waals surface area contributed by atoms with Crippen LogP contribution in [0.25, 0.3) is 0 Å². The summed E-state index contributed by atoms with van der Waals surface area (Å²) in [5.41, 5.74) is 0.669. The molecule has 7 atom stereocenters. The number of rotatable bonds is 18. The van der Waals surface area contributed by atoms with Crippen LogP contribution in [-0.2, 0) is 68.5 Å². The smallest absolute Gasteiger partial charge is 0.408 e. The Balaban J connectivity index is 2.43. The van der Waals surface area contributed by atoms with Crippen molar-refractivity contribution in [2.24, 2.45) is 5.92 Å². The van der Waals surface area contributed by atoms with Crippen molar-refractivity contribution in [1.29, 1.82) is 0 Å². The standard InChI is InChI=1S/C35H52N4O14/c1-20(2)28(33(45)47-16-15-39(7,8)9)38-32(44)26(37-35(46)50-17-25-13-11-10-12-14-25)18-49-34-29(36-21(3)40)31(52-24(6)43)30(51-23(5)42)27(53-34)19-48-22(4)41/h10-14,20,26-31,34H,15-19H2,1-9H3,(H2-,36,37,38,40,44,46)/p+1/t26-,27+,28-,29+,30+,31+,34+/m0/s1. The van der Waals surface area contributed by atoms with Crippen molar-refractivity contribution >= 4 is 41.8 Å². The molecule has 0 aliphatic carbocycles. The highest BCUT2D eigenvalue weighted by Crippen LogP contribution is 2.28. The third-order valence-electron chi connectivity index (χ3n) is 7.54. The zero-order valence-corrected chi connectivity index (χ0v) is 31.7. The molecular weight excluding hydrogens is 700 g/mol. The number of likely N-dealkylation sites (N-methyl/N-ethyl adjacent to an activating group) is 1. The first-order valence-corrected chi connectivity index (χ1v) is 17.0. The number of carbonyl (C=O) groups excluding carboxylic acids is 7. The van der Waals surface area contributed by atoms with E-state index in [0.29, 0.717) is 16.6 Å². The van der Waals surface area contributed by atoms with Gasteiger partial charge in [-0.3, -0.25) is 24.0 Å². The van der Waals surface area contributed by atoms with Gasteiger partial charge in [-0.15, -0.1) is 0 Å². The minimum absolute atomic E-state index is 0.0912. The first-order valence-electron chi connectivity index (χ1n) is 17.0. The summed E-state index contributed by atoms with van der Waals surface area (Å²) in [6, 6.07) is 4.76. The molecule has 1 aliphatic heterocycles. The lowest BCUT2D eigenvalue weighted by Gasteiger charge is -2.45. The number of esters is 4. The Morgan fingerprint density at radius 3 is 1.98 bits per heavy atom. The summed E-state index contributed by atoms with van der Waals surface area (Å²) in [7, 11) is 5.79. The van der Waals surface area contributed by atoms with Crippen LogP contribution < -0.4 is 16.0 Å². The largest absolute Gasteiger partial charge is 0.463 e. The van der Waals surface area contributed by atoms with Crippen LogP contribution in [-0.4, -0.2) is 137 Å². The minimum atomic E-state index is -1.55. The summed E-state index contributed by atoms with van der Waals surface area (Å²) >= 11 is 0. The summed E-state index contributed by atoms with van der Waals surface area (Å²) < 4.78 is 39.3. The van der Waals surface area contributed by atoms with E-state index in [1.807, 2.05) is 21.1 Å². The summed E-state index contributed by atoms with van der Waals surface area (Å²) in [6.07, 6.45) is -6.65. The van der Waals surface area contributed by atoms with Gasteiger partial charge in [0.2, 0.25) is 11.8 Å². The van der Waals surface area contributed by atoms with Crippen molar-refractivity contribution in [2.45, 2.75) is 90.9 Å². The van der Waals surface area contributed by atoms with Crippen molar-refractivity contribution in [2.75, 3.05) is 47.5 Å². The van der Waals surface area contributed by atoms with Crippen LogP contribution in [0.1, 0.15) is 47.1 Å². The second-order valence-electron chi connectivity index (χ2n) is 13.7. The van der Waals surface area contributed by atoms with E-state index in [2.05, 4.69) is 16.0 Å². The molecule has 18 nitrogen and oxygen atoms in total. The number of nitrogens with zero attached hydrogens (tertiary/aromatic N) is 1. The number of carbonyl (C=O) groups is 7. The van der Waals surface area contributed by atoms with Crippen LogP contribution in [0, 0.1) is 5.92 Å². The molecule has 0 aromatic heterocycles. The van der Waals surface area contributed by atoms with Crippen molar-refractivity contribution in [3.63, 3.8) is 0 Å². The Labute approximate surface area is 309 Å². The van der Waals surface area contributed by atoms with Crippen LogP contribution in [0.15, 0.2) is 30.3 Å². The van der Waals surface area contributed by atoms with E-state index in [9.17, 15) is 33.6 Å². The van der Waals surface area contributed by atoms with Gasteiger partial charge in [-0.1, -0.05) is 44.2 Å². The summed E-state index contributed by atoms with van der Waals surface area (Å²) in [5.74, 6) is -4.92. The monoisotopic (exact) mass is 753 g/mol. The molecule has 0 bridgehead atoms. The number of ether oxygens (including phenoxy) is 7. The molecule has 1 aromatic rings. The highest BCUT2D eigenvalue weighted by atomic mass is 16.7. The molecule has 0 saturated carbocycles. The highest BCUT2D eigenvalue weighted by molar-refractivity contribution is 5.90. The molecule has 3 amide bonds. The van der Waals surface area contributed by atoms with Crippen LogP contribution in [0.3, 0.4) is 0 Å². The van der Waals surface area contributed by atoms with E-state index in [1.165, 1.54) is 6.92 Å². The number of hydrogen-bond donors (Lipinski definition) is 3. The molecule has 0 radical (unpaired) electrons. The van der Waals surface area contributed by atoms with Gasteiger partial charge >= 0.3 is 30.0 Å². The molecule has 0 spiro atoms. The Morgan fingerprint density at radius 1 is 0.811 bits per heavy atom. The normalized spacial score (nSPS) is 20.9. The van der Waals surface area contributed by atoms with Gasteiger partial charge in [-0.2, -0.15) is 0 Å². The maximum Gasteiger partial charge on any atom is 0.408 e. The predicted octanol–water partition coefficient (Wildman–Crippen LogP) is 0.344. The Morgan fingerprint density at radius 2 is 1.43 bits per heavy atom. The zero-order chi connectivity index (χ0) is 39.9. The van der Waals surface area contributed by atoms with Gasteiger partial charge in [-0.25, -0.2) is 9.59 Å². The van der Waals surface area contributed by atoms with Gasteiger partial charge in [0.1, 0.15) is 50.6 Å². The lowest BCUT2D eigenvalue weighted by atomic mass is 9.96. The zero-order valence-electron chi connectivity index (χ0n) is 31.7. The first kappa shape index (κ1) is 44.4. The maximum absolute atomic E-state index is 13.8.